The Bertz CT molecular complexity index is 795. The topological polar surface area (TPSA) is 126 Å². The lowest BCUT2D eigenvalue weighted by Gasteiger charge is -2.39. The number of esters is 2. The molecule has 0 amide bonds. The van der Waals surface area contributed by atoms with Gasteiger partial charge in [0.25, 0.3) is 0 Å². The monoisotopic (exact) mass is 428 g/mol. The van der Waals surface area contributed by atoms with E-state index in [0.29, 0.717) is 0 Å². The summed E-state index contributed by atoms with van der Waals surface area (Å²) in [5.74, 6) is -3.44. The summed E-state index contributed by atoms with van der Waals surface area (Å²) < 4.78 is 17.0. The predicted octanol–water partition coefficient (Wildman–Crippen LogP) is 0.0726. The molecule has 2 saturated heterocycles. The molecule has 0 aromatic carbocycles. The number of hydrogen-bond acceptors (Lipinski definition) is 8. The molecule has 29 heavy (non-hydrogen) atoms. The smallest absolute Gasteiger partial charge is 0.334 e. The first-order valence-corrected chi connectivity index (χ1v) is 10.1. The molecule has 8 nitrogen and oxygen atoms in total. The molecule has 2 saturated carbocycles. The zero-order chi connectivity index (χ0) is 21.3. The summed E-state index contributed by atoms with van der Waals surface area (Å²) in [6, 6.07) is 0. The van der Waals surface area contributed by atoms with Crippen molar-refractivity contribution in [3.05, 3.63) is 23.8 Å². The van der Waals surface area contributed by atoms with Crippen LogP contribution in [0.1, 0.15) is 20.3 Å². The van der Waals surface area contributed by atoms with Gasteiger partial charge in [0.05, 0.1) is 30.1 Å². The Balaban J connectivity index is 1.76. The lowest BCUT2D eigenvalue weighted by Crippen LogP contribution is -2.51. The van der Waals surface area contributed by atoms with Crippen LogP contribution in [0.4, 0.5) is 0 Å². The quantitative estimate of drug-likeness (QED) is 0.248. The zero-order valence-corrected chi connectivity index (χ0v) is 17.0. The lowest BCUT2D eigenvalue weighted by atomic mass is 9.74. The van der Waals surface area contributed by atoms with Crippen LogP contribution in [0, 0.1) is 17.8 Å². The van der Waals surface area contributed by atoms with E-state index in [-0.39, 0.29) is 30.1 Å². The Morgan fingerprint density at radius 1 is 1.45 bits per heavy atom. The molecule has 0 aromatic rings. The van der Waals surface area contributed by atoms with Crippen LogP contribution < -0.4 is 0 Å². The Morgan fingerprint density at radius 3 is 2.76 bits per heavy atom. The van der Waals surface area contributed by atoms with Gasteiger partial charge in [-0.1, -0.05) is 6.58 Å². The highest BCUT2D eigenvalue weighted by Gasteiger charge is 2.78. The van der Waals surface area contributed by atoms with E-state index in [4.69, 9.17) is 30.9 Å². The van der Waals surface area contributed by atoms with E-state index in [0.717, 1.165) is 0 Å². The molecule has 160 valence electrons. The number of rotatable bonds is 4. The van der Waals surface area contributed by atoms with Crippen molar-refractivity contribution in [2.75, 3.05) is 12.5 Å². The molecule has 0 unspecified atom stereocenters. The first kappa shape index (κ1) is 20.8. The number of hydrogen-bond donors (Lipinski definition) is 3. The molecule has 3 N–H and O–H groups in total. The second-order valence-corrected chi connectivity index (χ2v) is 8.91. The van der Waals surface area contributed by atoms with Crippen LogP contribution in [-0.2, 0) is 23.8 Å². The number of aliphatic hydroxyl groups excluding tert-OH is 2. The van der Waals surface area contributed by atoms with E-state index in [1.807, 2.05) is 6.92 Å². The number of aliphatic hydroxyl groups is 3. The van der Waals surface area contributed by atoms with Gasteiger partial charge in [-0.05, 0) is 19.9 Å². The first-order valence-electron chi connectivity index (χ1n) is 9.61. The van der Waals surface area contributed by atoms with Gasteiger partial charge < -0.3 is 29.5 Å². The number of ether oxygens (including phenoxy) is 3. The third kappa shape index (κ3) is 2.88. The molecule has 4 fully saturated rings. The van der Waals surface area contributed by atoms with Gasteiger partial charge in [-0.15, -0.1) is 11.6 Å². The average molecular weight is 429 g/mol. The molecule has 0 spiro atoms. The second-order valence-electron chi connectivity index (χ2n) is 8.64. The Morgan fingerprint density at radius 2 is 2.14 bits per heavy atom. The van der Waals surface area contributed by atoms with Crippen molar-refractivity contribution in [3.8, 4) is 0 Å². The summed E-state index contributed by atoms with van der Waals surface area (Å²) in [6.07, 6.45) is -1.98. The predicted molar refractivity (Wildman–Crippen MR) is 99.8 cm³/mol. The third-order valence-corrected chi connectivity index (χ3v) is 7.48. The Hall–Kier alpha value is -1.45. The summed E-state index contributed by atoms with van der Waals surface area (Å²) in [5.41, 5.74) is -2.00. The highest BCUT2D eigenvalue weighted by atomic mass is 35.5. The van der Waals surface area contributed by atoms with Crippen molar-refractivity contribution in [3.63, 3.8) is 0 Å². The third-order valence-electron chi connectivity index (χ3n) is 7.02. The van der Waals surface area contributed by atoms with Crippen molar-refractivity contribution in [2.45, 2.75) is 55.9 Å². The number of carbonyl (C=O) groups is 2. The van der Waals surface area contributed by atoms with Crippen LogP contribution in [0.2, 0.25) is 0 Å². The summed E-state index contributed by atoms with van der Waals surface area (Å²) >= 11 is 6.15. The first-order chi connectivity index (χ1) is 13.6. The van der Waals surface area contributed by atoms with Crippen LogP contribution in [0.3, 0.4) is 0 Å². The van der Waals surface area contributed by atoms with Gasteiger partial charge in [0.1, 0.15) is 23.9 Å². The van der Waals surface area contributed by atoms with Crippen molar-refractivity contribution >= 4 is 23.5 Å². The number of alkyl halides is 1. The fraction of sp³-hybridized carbons (Fsp3) is 0.700. The van der Waals surface area contributed by atoms with Crippen LogP contribution >= 0.6 is 11.6 Å². The van der Waals surface area contributed by atoms with Gasteiger partial charge in [0.15, 0.2) is 0 Å². The molecular weight excluding hydrogens is 404 g/mol. The van der Waals surface area contributed by atoms with Crippen LogP contribution in [-0.4, -0.2) is 75.4 Å². The molecule has 9 atom stereocenters. The normalized spacial score (nSPS) is 48.3. The SMILES string of the molecule is C=C1C(=O)O[C@@H]2[C@H]1[C@H](OC(=O)/C(C)=C/CO)C[C@](O)(CCl)[C@@H]1[C@H](O)[C@H]3O[C@@]3(C)[C@H]21. The number of fused-ring (bicyclic) bond motifs is 5. The maximum absolute atomic E-state index is 12.5. The maximum Gasteiger partial charge on any atom is 0.334 e. The maximum atomic E-state index is 12.5. The lowest BCUT2D eigenvalue weighted by molar-refractivity contribution is -0.152. The van der Waals surface area contributed by atoms with E-state index in [1.165, 1.54) is 13.0 Å². The molecule has 4 aliphatic rings. The van der Waals surface area contributed by atoms with E-state index in [9.17, 15) is 19.8 Å². The number of halogens is 1. The number of epoxide rings is 1. The van der Waals surface area contributed by atoms with Crippen molar-refractivity contribution in [1.82, 2.24) is 0 Å². The Labute approximate surface area is 173 Å². The largest absolute Gasteiger partial charge is 0.458 e. The van der Waals surface area contributed by atoms with Crippen molar-refractivity contribution in [2.24, 2.45) is 17.8 Å². The van der Waals surface area contributed by atoms with E-state index < -0.39 is 65.3 Å². The average Bonchev–Trinajstić information content (AvgIpc) is 3.22. The minimum absolute atomic E-state index is 0.0908. The zero-order valence-electron chi connectivity index (χ0n) is 16.2. The van der Waals surface area contributed by atoms with Gasteiger partial charge in [0, 0.05) is 29.4 Å². The highest BCUT2D eigenvalue weighted by Crippen LogP contribution is 2.64. The van der Waals surface area contributed by atoms with Gasteiger partial charge in [0.2, 0.25) is 0 Å². The van der Waals surface area contributed by atoms with Crippen LogP contribution in [0.15, 0.2) is 23.8 Å². The summed E-state index contributed by atoms with van der Waals surface area (Å²) in [7, 11) is 0. The standard InChI is InChI=1S/C20H25ClO8/c1-8(4-5-22)17(24)27-10-6-20(26,7-21)12-13(19(3)16(29-19)14(12)23)15-11(10)9(2)18(25)28-15/h4,10-16,22-23,26H,2,5-7H2,1,3H3/b8-4+/t10-,11-,12+,13+,14+,15-,16-,19+,20+/m1/s1. The van der Waals surface area contributed by atoms with Gasteiger partial charge >= 0.3 is 11.9 Å². The van der Waals surface area contributed by atoms with Gasteiger partial charge in [-0.3, -0.25) is 0 Å². The fourth-order valence-corrected chi connectivity index (χ4v) is 5.80. The minimum Gasteiger partial charge on any atom is -0.458 e. The summed E-state index contributed by atoms with van der Waals surface area (Å²) in [5, 5.41) is 31.3. The van der Waals surface area contributed by atoms with E-state index >= 15 is 0 Å². The molecule has 0 aromatic heterocycles. The van der Waals surface area contributed by atoms with Crippen molar-refractivity contribution in [1.29, 1.82) is 0 Å². The van der Waals surface area contributed by atoms with E-state index in [2.05, 4.69) is 6.58 Å². The second kappa shape index (κ2) is 6.78. The molecule has 4 rings (SSSR count). The molecule has 0 radical (unpaired) electrons. The Kier molecular flexibility index (Phi) is 4.87. The summed E-state index contributed by atoms with van der Waals surface area (Å²) in [6.45, 7) is 6.81. The highest BCUT2D eigenvalue weighted by molar-refractivity contribution is 6.18. The molecular formula is C20H25ClO8. The van der Waals surface area contributed by atoms with Crippen LogP contribution in [0.25, 0.3) is 0 Å². The summed E-state index contributed by atoms with van der Waals surface area (Å²) in [4.78, 5) is 24.8. The molecule has 0 bridgehead atoms. The molecule has 2 aliphatic carbocycles. The minimum atomic E-state index is -1.57. The molecule has 9 heteroatoms. The van der Waals surface area contributed by atoms with E-state index in [1.54, 1.807) is 0 Å². The van der Waals surface area contributed by atoms with Crippen molar-refractivity contribution < 1.29 is 39.1 Å². The van der Waals surface area contributed by atoms with Gasteiger partial charge in [-0.2, -0.15) is 0 Å². The molecule has 2 aliphatic heterocycles. The van der Waals surface area contributed by atoms with Gasteiger partial charge in [-0.25, -0.2) is 9.59 Å². The van der Waals surface area contributed by atoms with Crippen LogP contribution in [0.5, 0.6) is 0 Å². The fourth-order valence-electron chi connectivity index (χ4n) is 5.52. The molecule has 2 heterocycles. The number of carbonyl (C=O) groups excluding carboxylic acids is 2.